The third kappa shape index (κ3) is 3.80. The molecule has 146 valence electrons. The molecule has 2 aromatic rings. The van der Waals surface area contributed by atoms with Crippen molar-refractivity contribution in [3.63, 3.8) is 0 Å². The third-order valence-electron chi connectivity index (χ3n) is 5.41. The van der Waals surface area contributed by atoms with Crippen LogP contribution in [0.1, 0.15) is 41.8 Å². The van der Waals surface area contributed by atoms with Crippen molar-refractivity contribution in [2.24, 2.45) is 11.8 Å². The Kier molecular flexibility index (Phi) is 5.17. The van der Waals surface area contributed by atoms with Gasteiger partial charge in [0.2, 0.25) is 5.78 Å². The molecule has 0 aromatic heterocycles. The number of carbonyl (C=O) groups is 1. The van der Waals surface area contributed by atoms with Gasteiger partial charge in [0, 0.05) is 24.7 Å². The number of hydrogen-bond donors (Lipinski definition) is 1. The van der Waals surface area contributed by atoms with Gasteiger partial charge < -0.3 is 9.84 Å². The van der Waals surface area contributed by atoms with Crippen LogP contribution in [0.2, 0.25) is 5.02 Å². The van der Waals surface area contributed by atoms with Gasteiger partial charge >= 0.3 is 0 Å². The first-order valence-corrected chi connectivity index (χ1v) is 10.1. The number of phenolic OH excluding ortho intramolecular Hbond substituents is 1. The predicted octanol–water partition coefficient (Wildman–Crippen LogP) is 5.14. The number of rotatable bonds is 3. The van der Waals surface area contributed by atoms with Gasteiger partial charge in [0.1, 0.15) is 11.5 Å². The number of ketones is 1. The highest BCUT2D eigenvalue weighted by molar-refractivity contribution is 6.30. The lowest BCUT2D eigenvalue weighted by Crippen LogP contribution is -2.38. The lowest BCUT2D eigenvalue weighted by atomic mass is 9.91. The third-order valence-corrected chi connectivity index (χ3v) is 5.66. The summed E-state index contributed by atoms with van der Waals surface area (Å²) in [5, 5.41) is 11.1. The van der Waals surface area contributed by atoms with Gasteiger partial charge in [0.25, 0.3) is 0 Å². The number of phenols is 1. The molecule has 0 saturated carbocycles. The number of carbonyl (C=O) groups excluding carboxylic acids is 1. The number of ether oxygens (including phenoxy) is 1. The van der Waals surface area contributed by atoms with Crippen molar-refractivity contribution in [2.45, 2.75) is 26.8 Å². The van der Waals surface area contributed by atoms with Gasteiger partial charge in [-0.15, -0.1) is 0 Å². The maximum Gasteiger partial charge on any atom is 0.231 e. The summed E-state index contributed by atoms with van der Waals surface area (Å²) in [7, 11) is 0. The fourth-order valence-corrected chi connectivity index (χ4v) is 4.43. The molecular formula is C23H24ClNO3. The molecule has 0 aliphatic carbocycles. The monoisotopic (exact) mass is 397 g/mol. The largest absolute Gasteiger partial charge is 0.507 e. The summed E-state index contributed by atoms with van der Waals surface area (Å²) in [4.78, 5) is 15.1. The van der Waals surface area contributed by atoms with Gasteiger partial charge in [-0.1, -0.05) is 37.6 Å². The Morgan fingerprint density at radius 2 is 1.82 bits per heavy atom. The summed E-state index contributed by atoms with van der Waals surface area (Å²) in [5.41, 5.74) is 2.03. The van der Waals surface area contributed by atoms with E-state index in [2.05, 4.69) is 18.7 Å². The lowest BCUT2D eigenvalue weighted by Gasteiger charge is -2.35. The zero-order chi connectivity index (χ0) is 19.8. The van der Waals surface area contributed by atoms with Crippen molar-refractivity contribution in [3.05, 3.63) is 63.9 Å². The van der Waals surface area contributed by atoms with Crippen LogP contribution >= 0.6 is 11.6 Å². The number of benzene rings is 2. The summed E-state index contributed by atoms with van der Waals surface area (Å²) in [6.07, 6.45) is 2.93. The molecule has 2 aromatic carbocycles. The van der Waals surface area contributed by atoms with Gasteiger partial charge in [-0.2, -0.15) is 0 Å². The minimum Gasteiger partial charge on any atom is -0.507 e. The van der Waals surface area contributed by atoms with Crippen molar-refractivity contribution in [3.8, 4) is 11.5 Å². The number of allylic oxidation sites excluding steroid dienone is 1. The molecule has 2 aliphatic rings. The number of hydrogen-bond acceptors (Lipinski definition) is 4. The van der Waals surface area contributed by atoms with E-state index in [0.717, 1.165) is 18.7 Å². The maximum atomic E-state index is 12.8. The van der Waals surface area contributed by atoms with Gasteiger partial charge in [0.05, 0.1) is 11.1 Å². The molecule has 2 unspecified atom stereocenters. The molecule has 4 nitrogen and oxygen atoms in total. The van der Waals surface area contributed by atoms with Crippen LogP contribution in [-0.4, -0.2) is 28.9 Å². The molecule has 0 radical (unpaired) electrons. The average Bonchev–Trinajstić information content (AvgIpc) is 2.95. The molecule has 1 N–H and O–H groups in total. The molecule has 2 atom stereocenters. The molecule has 2 heterocycles. The van der Waals surface area contributed by atoms with Crippen molar-refractivity contribution in [1.82, 2.24) is 4.90 Å². The topological polar surface area (TPSA) is 49.8 Å². The van der Waals surface area contributed by atoms with Gasteiger partial charge in [-0.3, -0.25) is 9.69 Å². The fraction of sp³-hybridized carbons (Fsp3) is 0.348. The van der Waals surface area contributed by atoms with E-state index >= 15 is 0 Å². The van der Waals surface area contributed by atoms with Crippen molar-refractivity contribution >= 4 is 23.5 Å². The first kappa shape index (κ1) is 19.0. The highest BCUT2D eigenvalue weighted by atomic mass is 35.5. The molecule has 28 heavy (non-hydrogen) atoms. The van der Waals surface area contributed by atoms with Crippen LogP contribution < -0.4 is 4.74 Å². The summed E-state index contributed by atoms with van der Waals surface area (Å²) >= 11 is 5.93. The second kappa shape index (κ2) is 7.61. The van der Waals surface area contributed by atoms with Crippen molar-refractivity contribution in [1.29, 1.82) is 0 Å². The SMILES string of the molecule is CC1CC(C)CN(Cc2c(O)ccc3c2O/C(=C/c2ccc(Cl)cc2)C3=O)C1. The number of piperidine rings is 1. The van der Waals surface area contributed by atoms with E-state index in [4.69, 9.17) is 16.3 Å². The molecule has 5 heteroatoms. The van der Waals surface area contributed by atoms with E-state index < -0.39 is 0 Å². The molecule has 0 spiro atoms. The molecular weight excluding hydrogens is 374 g/mol. The zero-order valence-electron chi connectivity index (χ0n) is 16.1. The Bertz CT molecular complexity index is 926. The first-order valence-electron chi connectivity index (χ1n) is 9.67. The standard InChI is InChI=1S/C23H24ClNO3/c1-14-9-15(2)12-25(11-14)13-19-20(26)8-7-18-22(27)21(28-23(18)19)10-16-3-5-17(24)6-4-16/h3-8,10,14-15,26H,9,11-13H2,1-2H3/b21-10+. The van der Waals surface area contributed by atoms with Gasteiger partial charge in [-0.05, 0) is 54.2 Å². The van der Waals surface area contributed by atoms with Crippen LogP contribution in [0, 0.1) is 11.8 Å². The maximum absolute atomic E-state index is 12.8. The fourth-order valence-electron chi connectivity index (χ4n) is 4.30. The first-order chi connectivity index (χ1) is 13.4. The molecule has 2 aliphatic heterocycles. The molecule has 1 saturated heterocycles. The Labute approximate surface area is 170 Å². The summed E-state index contributed by atoms with van der Waals surface area (Å²) in [5.74, 6) is 1.99. The number of fused-ring (bicyclic) bond motifs is 1. The summed E-state index contributed by atoms with van der Waals surface area (Å²) < 4.78 is 5.95. The predicted molar refractivity (Wildman–Crippen MR) is 111 cm³/mol. The summed E-state index contributed by atoms with van der Waals surface area (Å²) in [6, 6.07) is 10.5. The van der Waals surface area contributed by atoms with Crippen LogP contribution in [0.5, 0.6) is 11.5 Å². The quantitative estimate of drug-likeness (QED) is 0.728. The highest BCUT2D eigenvalue weighted by Gasteiger charge is 2.32. The second-order valence-electron chi connectivity index (χ2n) is 8.07. The second-order valence-corrected chi connectivity index (χ2v) is 8.51. The van der Waals surface area contributed by atoms with E-state index in [1.54, 1.807) is 30.3 Å². The van der Waals surface area contributed by atoms with Gasteiger partial charge in [0.15, 0.2) is 5.76 Å². The number of Topliss-reactive ketones (excluding diaryl/α,β-unsaturated/α-hetero) is 1. The van der Waals surface area contributed by atoms with E-state index in [1.807, 2.05) is 12.1 Å². The van der Waals surface area contributed by atoms with Crippen LogP contribution in [-0.2, 0) is 6.54 Å². The minimum absolute atomic E-state index is 0.161. The molecule has 0 bridgehead atoms. The Hall–Kier alpha value is -2.30. The van der Waals surface area contributed by atoms with E-state index in [1.165, 1.54) is 6.42 Å². The summed E-state index contributed by atoms with van der Waals surface area (Å²) in [6.45, 7) is 7.05. The van der Waals surface area contributed by atoms with E-state index in [-0.39, 0.29) is 17.3 Å². The zero-order valence-corrected chi connectivity index (χ0v) is 16.9. The lowest BCUT2D eigenvalue weighted by molar-refractivity contribution is 0.101. The molecule has 1 fully saturated rings. The smallest absolute Gasteiger partial charge is 0.231 e. The Morgan fingerprint density at radius 1 is 1.14 bits per heavy atom. The van der Waals surface area contributed by atoms with E-state index in [9.17, 15) is 9.90 Å². The molecule has 4 rings (SSSR count). The van der Waals surface area contributed by atoms with Crippen molar-refractivity contribution in [2.75, 3.05) is 13.1 Å². The number of likely N-dealkylation sites (tertiary alicyclic amines) is 1. The number of halogens is 1. The van der Waals surface area contributed by atoms with Crippen LogP contribution in [0.4, 0.5) is 0 Å². The van der Waals surface area contributed by atoms with Gasteiger partial charge in [-0.25, -0.2) is 0 Å². The Morgan fingerprint density at radius 3 is 2.50 bits per heavy atom. The molecule has 0 amide bonds. The van der Waals surface area contributed by atoms with Crippen LogP contribution in [0.3, 0.4) is 0 Å². The average molecular weight is 398 g/mol. The van der Waals surface area contributed by atoms with Crippen molar-refractivity contribution < 1.29 is 14.6 Å². The number of aromatic hydroxyl groups is 1. The van der Waals surface area contributed by atoms with E-state index in [0.29, 0.717) is 40.3 Å². The van der Waals surface area contributed by atoms with Crippen LogP contribution in [0.25, 0.3) is 6.08 Å². The Balaban J connectivity index is 1.63. The van der Waals surface area contributed by atoms with Crippen LogP contribution in [0.15, 0.2) is 42.2 Å². The highest BCUT2D eigenvalue weighted by Crippen LogP contribution is 2.40. The normalized spacial score (nSPS) is 23.7. The number of nitrogens with zero attached hydrogens (tertiary/aromatic N) is 1. The minimum atomic E-state index is -0.161.